The number of aromatic amines is 1. The molecule has 0 saturated carbocycles. The van der Waals surface area contributed by atoms with Crippen molar-refractivity contribution in [1.82, 2.24) is 14.9 Å². The van der Waals surface area contributed by atoms with Crippen LogP contribution in [0, 0.1) is 6.92 Å². The van der Waals surface area contributed by atoms with Crippen molar-refractivity contribution in [2.45, 2.75) is 64.9 Å². The van der Waals surface area contributed by atoms with Gasteiger partial charge in [0.1, 0.15) is 12.7 Å². The Morgan fingerprint density at radius 3 is 2.28 bits per heavy atom. The van der Waals surface area contributed by atoms with Crippen molar-refractivity contribution in [3.63, 3.8) is 0 Å². The fourth-order valence-corrected chi connectivity index (χ4v) is 3.97. The zero-order chi connectivity index (χ0) is 28.7. The molecule has 1 aliphatic heterocycles. The number of amides is 1. The SMILES string of the molecule is CCOC(=O)[C@@H](NC(=O)OCc1ccccc1)[C@H]1O[C@@H](n2cc(C)c(=O)[nH]c2=O)[C@H](OC(C)=O)[C@@H]1OC(C)=O. The third-order valence-corrected chi connectivity index (χ3v) is 5.60. The molecule has 1 amide bonds. The summed E-state index contributed by atoms with van der Waals surface area (Å²) in [6.07, 6.45) is -5.78. The number of aryl methyl sites for hydroxylation is 1. The summed E-state index contributed by atoms with van der Waals surface area (Å²) < 4.78 is 27.9. The molecular weight excluding hydrogens is 518 g/mol. The van der Waals surface area contributed by atoms with Crippen LogP contribution in [0.2, 0.25) is 0 Å². The van der Waals surface area contributed by atoms with Gasteiger partial charge in [-0.2, -0.15) is 0 Å². The van der Waals surface area contributed by atoms with Crippen LogP contribution in [0.5, 0.6) is 0 Å². The second-order valence-corrected chi connectivity index (χ2v) is 8.55. The van der Waals surface area contributed by atoms with Gasteiger partial charge in [-0.15, -0.1) is 0 Å². The predicted octanol–water partition coefficient (Wildman–Crippen LogP) is 0.464. The summed E-state index contributed by atoms with van der Waals surface area (Å²) in [5.74, 6) is -2.61. The van der Waals surface area contributed by atoms with E-state index in [1.54, 1.807) is 30.3 Å². The molecule has 0 radical (unpaired) electrons. The highest BCUT2D eigenvalue weighted by atomic mass is 16.6. The molecule has 39 heavy (non-hydrogen) atoms. The Morgan fingerprint density at radius 1 is 1.03 bits per heavy atom. The molecule has 2 heterocycles. The number of esters is 3. The molecule has 0 bridgehead atoms. The number of nitrogens with zero attached hydrogens (tertiary/aromatic N) is 1. The van der Waals surface area contributed by atoms with E-state index in [2.05, 4.69) is 10.3 Å². The smallest absolute Gasteiger partial charge is 0.408 e. The first-order chi connectivity index (χ1) is 18.5. The van der Waals surface area contributed by atoms with E-state index >= 15 is 0 Å². The van der Waals surface area contributed by atoms with Gasteiger partial charge in [-0.1, -0.05) is 30.3 Å². The summed E-state index contributed by atoms with van der Waals surface area (Å²) >= 11 is 0. The van der Waals surface area contributed by atoms with Gasteiger partial charge in [0.15, 0.2) is 24.5 Å². The number of ether oxygens (including phenoxy) is 5. The van der Waals surface area contributed by atoms with E-state index in [0.717, 1.165) is 24.6 Å². The van der Waals surface area contributed by atoms with Gasteiger partial charge in [-0.25, -0.2) is 14.4 Å². The van der Waals surface area contributed by atoms with Crippen molar-refractivity contribution in [1.29, 1.82) is 0 Å². The molecule has 210 valence electrons. The molecule has 2 N–H and O–H groups in total. The van der Waals surface area contributed by atoms with Gasteiger partial charge in [-0.3, -0.25) is 23.9 Å². The third-order valence-electron chi connectivity index (χ3n) is 5.60. The number of H-pyrrole nitrogens is 1. The first-order valence-corrected chi connectivity index (χ1v) is 12.0. The van der Waals surface area contributed by atoms with Crippen LogP contribution in [0.1, 0.15) is 38.1 Å². The van der Waals surface area contributed by atoms with E-state index in [9.17, 15) is 28.8 Å². The van der Waals surface area contributed by atoms with E-state index in [1.165, 1.54) is 13.8 Å². The van der Waals surface area contributed by atoms with Gasteiger partial charge in [0.25, 0.3) is 5.56 Å². The molecule has 5 atom stereocenters. The number of hydrogen-bond donors (Lipinski definition) is 2. The van der Waals surface area contributed by atoms with Crippen LogP contribution in [0.15, 0.2) is 46.1 Å². The van der Waals surface area contributed by atoms with Crippen molar-refractivity contribution >= 4 is 24.0 Å². The number of benzene rings is 1. The second kappa shape index (κ2) is 12.9. The Morgan fingerprint density at radius 2 is 1.67 bits per heavy atom. The Kier molecular flexibility index (Phi) is 9.60. The molecule has 1 aromatic carbocycles. The van der Waals surface area contributed by atoms with Crippen LogP contribution in [0.25, 0.3) is 0 Å². The Hall–Kier alpha value is -4.46. The monoisotopic (exact) mass is 547 g/mol. The van der Waals surface area contributed by atoms with E-state index in [0.29, 0.717) is 5.56 Å². The number of nitrogens with one attached hydrogen (secondary N) is 2. The molecule has 14 nitrogen and oxygen atoms in total. The van der Waals surface area contributed by atoms with Gasteiger partial charge >= 0.3 is 29.7 Å². The summed E-state index contributed by atoms with van der Waals surface area (Å²) in [7, 11) is 0. The van der Waals surface area contributed by atoms with Crippen LogP contribution in [0.4, 0.5) is 4.79 Å². The van der Waals surface area contributed by atoms with Crippen molar-refractivity contribution in [3.05, 3.63) is 68.5 Å². The quantitative estimate of drug-likeness (QED) is 0.329. The fraction of sp³-hybridized carbons (Fsp3) is 0.440. The highest BCUT2D eigenvalue weighted by Crippen LogP contribution is 2.35. The molecule has 14 heteroatoms. The normalized spacial score (nSPS) is 20.9. The fourth-order valence-electron chi connectivity index (χ4n) is 3.97. The third kappa shape index (κ3) is 7.31. The minimum atomic E-state index is -1.62. The van der Waals surface area contributed by atoms with Crippen LogP contribution in [0.3, 0.4) is 0 Å². The Balaban J connectivity index is 2.00. The minimum absolute atomic E-state index is 0.0730. The first kappa shape index (κ1) is 29.1. The number of alkyl carbamates (subject to hydrolysis) is 1. The van der Waals surface area contributed by atoms with Crippen LogP contribution in [-0.2, 0) is 44.7 Å². The highest BCUT2D eigenvalue weighted by Gasteiger charge is 2.55. The van der Waals surface area contributed by atoms with Gasteiger partial charge in [0, 0.05) is 25.6 Å². The summed E-state index contributed by atoms with van der Waals surface area (Å²) in [4.78, 5) is 76.3. The average Bonchev–Trinajstić information content (AvgIpc) is 3.20. The molecule has 1 aliphatic rings. The lowest BCUT2D eigenvalue weighted by molar-refractivity contribution is -0.166. The number of carbonyl (C=O) groups is 4. The van der Waals surface area contributed by atoms with Gasteiger partial charge in [-0.05, 0) is 19.4 Å². The summed E-state index contributed by atoms with van der Waals surface area (Å²) in [6, 6.07) is 7.13. The number of hydrogen-bond acceptors (Lipinski definition) is 11. The maximum Gasteiger partial charge on any atom is 0.408 e. The zero-order valence-electron chi connectivity index (χ0n) is 21.7. The Labute approximate surface area is 222 Å². The van der Waals surface area contributed by atoms with Crippen molar-refractivity contribution in [3.8, 4) is 0 Å². The van der Waals surface area contributed by atoms with Gasteiger partial charge in [0.05, 0.1) is 6.61 Å². The largest absolute Gasteiger partial charge is 0.464 e. The van der Waals surface area contributed by atoms with Crippen molar-refractivity contribution in [2.75, 3.05) is 6.61 Å². The van der Waals surface area contributed by atoms with E-state index in [1.807, 2.05) is 0 Å². The summed E-state index contributed by atoms with van der Waals surface area (Å²) in [5, 5.41) is 2.36. The molecule has 0 unspecified atom stereocenters. The van der Waals surface area contributed by atoms with Crippen LogP contribution >= 0.6 is 0 Å². The molecule has 2 aromatic rings. The molecule has 0 spiro atoms. The molecule has 1 saturated heterocycles. The predicted molar refractivity (Wildman–Crippen MR) is 131 cm³/mol. The number of carbonyl (C=O) groups excluding carboxylic acids is 4. The lowest BCUT2D eigenvalue weighted by Crippen LogP contribution is -2.55. The van der Waals surface area contributed by atoms with Crippen LogP contribution < -0.4 is 16.6 Å². The number of aromatic nitrogens is 2. The maximum atomic E-state index is 13.0. The minimum Gasteiger partial charge on any atom is -0.464 e. The lowest BCUT2D eigenvalue weighted by atomic mass is 10.0. The topological polar surface area (TPSA) is 181 Å². The van der Waals surface area contributed by atoms with Crippen molar-refractivity contribution in [2.24, 2.45) is 0 Å². The van der Waals surface area contributed by atoms with Gasteiger partial charge < -0.3 is 29.0 Å². The molecule has 1 fully saturated rings. The van der Waals surface area contributed by atoms with E-state index in [-0.39, 0.29) is 18.8 Å². The Bertz CT molecular complexity index is 1320. The zero-order valence-corrected chi connectivity index (χ0v) is 21.7. The standard InChI is InChI=1S/C25H29N3O11/c1-5-35-23(32)17(26-25(34)36-12-16-9-7-6-8-10-16)18-19(37-14(3)29)20(38-15(4)30)22(39-18)28-11-13(2)21(31)27-24(28)33/h6-11,17-20,22H,5,12H2,1-4H3,(H,26,34)(H,27,31,33)/t17-,18+,19+,20+,22+/m0/s1. The van der Waals surface area contributed by atoms with E-state index in [4.69, 9.17) is 23.7 Å². The van der Waals surface area contributed by atoms with Gasteiger partial charge in [0.2, 0.25) is 0 Å². The number of rotatable bonds is 9. The second-order valence-electron chi connectivity index (χ2n) is 8.55. The van der Waals surface area contributed by atoms with E-state index < -0.39 is 65.8 Å². The highest BCUT2D eigenvalue weighted by molar-refractivity contribution is 5.82. The first-order valence-electron chi connectivity index (χ1n) is 12.0. The lowest BCUT2D eigenvalue weighted by Gasteiger charge is -2.27. The molecular formula is C25H29N3O11. The maximum absolute atomic E-state index is 13.0. The summed E-state index contributed by atoms with van der Waals surface area (Å²) in [6.45, 7) is 4.93. The summed E-state index contributed by atoms with van der Waals surface area (Å²) in [5.41, 5.74) is -0.772. The van der Waals surface area contributed by atoms with Crippen LogP contribution in [-0.4, -0.2) is 64.5 Å². The van der Waals surface area contributed by atoms with Crippen molar-refractivity contribution < 1.29 is 42.9 Å². The molecule has 1 aromatic heterocycles. The average molecular weight is 548 g/mol. The molecule has 3 rings (SSSR count). The molecule has 0 aliphatic carbocycles.